The molecule has 1 aromatic carbocycles. The Morgan fingerprint density at radius 2 is 1.84 bits per heavy atom. The molecule has 1 rings (SSSR count). The van der Waals surface area contributed by atoms with Gasteiger partial charge in [-0.2, -0.15) is 0 Å². The molecular weight excluding hydrogens is 228 g/mol. The van der Waals surface area contributed by atoms with Crippen LogP contribution in [0.1, 0.15) is 25.8 Å². The fourth-order valence-corrected chi connectivity index (χ4v) is 1.82. The van der Waals surface area contributed by atoms with Crippen LogP contribution < -0.4 is 0 Å². The van der Waals surface area contributed by atoms with Gasteiger partial charge < -0.3 is 0 Å². The molecule has 0 aromatic heterocycles. The van der Waals surface area contributed by atoms with Crippen LogP contribution >= 0.6 is 0 Å². The molecule has 0 atom stereocenters. The average molecular weight is 250 g/mol. The number of allylic oxidation sites excluding steroid dienone is 9. The van der Waals surface area contributed by atoms with E-state index in [0.29, 0.717) is 0 Å². The molecule has 0 saturated heterocycles. The predicted octanol–water partition coefficient (Wildman–Crippen LogP) is 5.72. The summed E-state index contributed by atoms with van der Waals surface area (Å²) < 4.78 is 0. The third kappa shape index (κ3) is 5.39. The van der Waals surface area contributed by atoms with Crippen LogP contribution in [-0.2, 0) is 0 Å². The predicted molar refractivity (Wildman–Crippen MR) is 86.9 cm³/mol. The third-order valence-corrected chi connectivity index (χ3v) is 2.81. The molecule has 0 nitrogen and oxygen atoms in total. The van der Waals surface area contributed by atoms with Crippen molar-refractivity contribution in [3.63, 3.8) is 0 Å². The highest BCUT2D eigenvalue weighted by Gasteiger charge is 1.95. The quantitative estimate of drug-likeness (QED) is 0.566. The van der Waals surface area contributed by atoms with Crippen LogP contribution in [0.3, 0.4) is 0 Å². The lowest BCUT2D eigenvalue weighted by molar-refractivity contribution is 1.27. The molecule has 0 fully saturated rings. The number of hydrogen-bond donors (Lipinski definition) is 0. The summed E-state index contributed by atoms with van der Waals surface area (Å²) in [6.45, 7) is 7.89. The summed E-state index contributed by atoms with van der Waals surface area (Å²) >= 11 is 0. The standard InChI is InChI=1S/C19H22/c1-4-11-17(6-3)13-10-16-18(12-5-2)19-14-8-7-9-15-19/h4-12,14-16H,2,13H2,1,3H3/b11-4-,16-10-,17-6+,18-12+. The molecule has 0 amide bonds. The van der Waals surface area contributed by atoms with E-state index in [-0.39, 0.29) is 0 Å². The van der Waals surface area contributed by atoms with Crippen LogP contribution in [0.2, 0.25) is 0 Å². The van der Waals surface area contributed by atoms with Gasteiger partial charge in [-0.05, 0) is 37.0 Å². The van der Waals surface area contributed by atoms with E-state index in [9.17, 15) is 0 Å². The zero-order valence-corrected chi connectivity index (χ0v) is 11.8. The lowest BCUT2D eigenvalue weighted by atomic mass is 10.0. The Bertz CT molecular complexity index is 496. The van der Waals surface area contributed by atoms with Crippen molar-refractivity contribution in [2.45, 2.75) is 20.3 Å². The number of benzene rings is 1. The zero-order chi connectivity index (χ0) is 13.9. The van der Waals surface area contributed by atoms with Gasteiger partial charge in [-0.15, -0.1) is 0 Å². The summed E-state index contributed by atoms with van der Waals surface area (Å²) in [7, 11) is 0. The van der Waals surface area contributed by atoms with Crippen molar-refractivity contribution < 1.29 is 0 Å². The highest BCUT2D eigenvalue weighted by atomic mass is 14.0. The summed E-state index contributed by atoms with van der Waals surface area (Å²) in [6.07, 6.45) is 15.5. The lowest BCUT2D eigenvalue weighted by Gasteiger charge is -2.02. The van der Waals surface area contributed by atoms with Gasteiger partial charge in [-0.1, -0.05) is 79.4 Å². The molecule has 1 aromatic rings. The second kappa shape index (κ2) is 8.93. The minimum Gasteiger partial charge on any atom is -0.0990 e. The SMILES string of the molecule is C=C/C=C(\C=C/CC(/C=C\C)=C/C)c1ccccc1. The van der Waals surface area contributed by atoms with E-state index in [0.717, 1.165) is 6.42 Å². The first-order chi connectivity index (χ1) is 9.31. The van der Waals surface area contributed by atoms with Gasteiger partial charge in [0, 0.05) is 0 Å². The maximum absolute atomic E-state index is 3.78. The minimum atomic E-state index is 0.947. The molecule has 0 radical (unpaired) electrons. The molecule has 0 N–H and O–H groups in total. The summed E-state index contributed by atoms with van der Waals surface area (Å²) in [5, 5.41) is 0. The van der Waals surface area contributed by atoms with E-state index in [2.05, 4.69) is 68.1 Å². The molecule has 0 heterocycles. The molecule has 0 aliphatic heterocycles. The normalized spacial score (nSPS) is 13.4. The smallest absolute Gasteiger partial charge is 0.00975 e. The van der Waals surface area contributed by atoms with Crippen molar-refractivity contribution in [3.05, 3.63) is 90.6 Å². The highest BCUT2D eigenvalue weighted by Crippen LogP contribution is 2.16. The second-order valence-electron chi connectivity index (χ2n) is 4.19. The molecule has 0 aliphatic carbocycles. The first-order valence-corrected chi connectivity index (χ1v) is 6.64. The van der Waals surface area contributed by atoms with Crippen LogP contribution in [0, 0.1) is 0 Å². The minimum absolute atomic E-state index is 0.947. The Hall–Kier alpha value is -2.08. The van der Waals surface area contributed by atoms with Gasteiger partial charge in [0.05, 0.1) is 0 Å². The van der Waals surface area contributed by atoms with E-state index in [1.807, 2.05) is 25.1 Å². The molecular formula is C19H22. The van der Waals surface area contributed by atoms with Crippen molar-refractivity contribution in [2.75, 3.05) is 0 Å². The Balaban J connectivity index is 2.81. The van der Waals surface area contributed by atoms with Gasteiger partial charge in [0.25, 0.3) is 0 Å². The summed E-state index contributed by atoms with van der Waals surface area (Å²) in [5.74, 6) is 0. The van der Waals surface area contributed by atoms with Gasteiger partial charge in [0.15, 0.2) is 0 Å². The van der Waals surface area contributed by atoms with Crippen molar-refractivity contribution in [2.24, 2.45) is 0 Å². The summed E-state index contributed by atoms with van der Waals surface area (Å²) in [5.41, 5.74) is 3.73. The molecule has 98 valence electrons. The van der Waals surface area contributed by atoms with Crippen molar-refractivity contribution in [3.8, 4) is 0 Å². The van der Waals surface area contributed by atoms with Crippen LogP contribution in [-0.4, -0.2) is 0 Å². The zero-order valence-electron chi connectivity index (χ0n) is 11.8. The molecule has 0 aliphatic rings. The molecule has 0 heteroatoms. The Morgan fingerprint density at radius 1 is 1.11 bits per heavy atom. The lowest BCUT2D eigenvalue weighted by Crippen LogP contribution is -1.80. The number of hydrogen-bond acceptors (Lipinski definition) is 0. The topological polar surface area (TPSA) is 0 Å². The molecule has 0 unspecified atom stereocenters. The van der Waals surface area contributed by atoms with E-state index < -0.39 is 0 Å². The van der Waals surface area contributed by atoms with Gasteiger partial charge in [-0.25, -0.2) is 0 Å². The summed E-state index contributed by atoms with van der Waals surface area (Å²) in [6, 6.07) is 10.4. The molecule has 0 spiro atoms. The van der Waals surface area contributed by atoms with Gasteiger partial charge in [0.1, 0.15) is 0 Å². The summed E-state index contributed by atoms with van der Waals surface area (Å²) in [4.78, 5) is 0. The van der Waals surface area contributed by atoms with E-state index in [1.165, 1.54) is 16.7 Å². The molecule has 0 bridgehead atoms. The molecule has 19 heavy (non-hydrogen) atoms. The number of rotatable bonds is 6. The van der Waals surface area contributed by atoms with Crippen LogP contribution in [0.25, 0.3) is 5.57 Å². The highest BCUT2D eigenvalue weighted by molar-refractivity contribution is 5.75. The third-order valence-electron chi connectivity index (χ3n) is 2.81. The van der Waals surface area contributed by atoms with Crippen molar-refractivity contribution >= 4 is 5.57 Å². The first-order valence-electron chi connectivity index (χ1n) is 6.64. The van der Waals surface area contributed by atoms with Crippen LogP contribution in [0.15, 0.2) is 85.0 Å². The Kier molecular flexibility index (Phi) is 7.04. The fraction of sp³-hybridized carbons (Fsp3) is 0.158. The molecule has 0 saturated carbocycles. The van der Waals surface area contributed by atoms with Gasteiger partial charge in [0.2, 0.25) is 0 Å². The average Bonchev–Trinajstić information content (AvgIpc) is 2.46. The van der Waals surface area contributed by atoms with Gasteiger partial charge in [-0.3, -0.25) is 0 Å². The maximum Gasteiger partial charge on any atom is -0.00975 e. The van der Waals surface area contributed by atoms with Gasteiger partial charge >= 0.3 is 0 Å². The van der Waals surface area contributed by atoms with E-state index in [4.69, 9.17) is 0 Å². The Morgan fingerprint density at radius 3 is 2.42 bits per heavy atom. The van der Waals surface area contributed by atoms with Crippen molar-refractivity contribution in [1.29, 1.82) is 0 Å². The first kappa shape index (κ1) is 15.0. The van der Waals surface area contributed by atoms with E-state index in [1.54, 1.807) is 0 Å². The van der Waals surface area contributed by atoms with Crippen molar-refractivity contribution in [1.82, 2.24) is 0 Å². The Labute approximate surface area is 117 Å². The fourth-order valence-electron chi connectivity index (χ4n) is 1.82. The second-order valence-corrected chi connectivity index (χ2v) is 4.19. The largest absolute Gasteiger partial charge is 0.0990 e. The monoisotopic (exact) mass is 250 g/mol. The van der Waals surface area contributed by atoms with Crippen LogP contribution in [0.5, 0.6) is 0 Å². The van der Waals surface area contributed by atoms with Crippen LogP contribution in [0.4, 0.5) is 0 Å². The maximum atomic E-state index is 3.78. The van der Waals surface area contributed by atoms with E-state index >= 15 is 0 Å².